The second-order valence-electron chi connectivity index (χ2n) is 4.21. The summed E-state index contributed by atoms with van der Waals surface area (Å²) >= 11 is 3.56. The smallest absolute Gasteiger partial charge is 0.0987 e. The van der Waals surface area contributed by atoms with Crippen molar-refractivity contribution in [3.05, 3.63) is 17.8 Å². The average molecular weight is 227 g/mol. The monoisotopic (exact) mass is 227 g/mol. The van der Waals surface area contributed by atoms with Crippen molar-refractivity contribution in [1.29, 1.82) is 0 Å². The number of aryl methyl sites for hydroxylation is 1. The summed E-state index contributed by atoms with van der Waals surface area (Å²) in [6.07, 6.45) is 4.03. The highest BCUT2D eigenvalue weighted by Crippen LogP contribution is 2.32. The Morgan fingerprint density at radius 3 is 2.36 bits per heavy atom. The molecule has 14 heavy (non-hydrogen) atoms. The minimum Gasteiger partial charge on any atom is -0.249 e. The molecule has 1 rings (SSSR count). The molecule has 3 heteroatoms. The van der Waals surface area contributed by atoms with Gasteiger partial charge in [-0.25, -0.2) is 4.98 Å². The van der Waals surface area contributed by atoms with Crippen LogP contribution in [0.5, 0.6) is 0 Å². The van der Waals surface area contributed by atoms with E-state index in [1.54, 1.807) is 11.8 Å². The van der Waals surface area contributed by atoms with Crippen molar-refractivity contribution < 1.29 is 0 Å². The van der Waals surface area contributed by atoms with Gasteiger partial charge in [0, 0.05) is 15.8 Å². The van der Waals surface area contributed by atoms with Crippen molar-refractivity contribution in [3.63, 3.8) is 0 Å². The third-order valence-electron chi connectivity index (χ3n) is 1.62. The second-order valence-corrected chi connectivity index (χ2v) is 6.91. The number of thioether (sulfide) groups is 2. The highest BCUT2D eigenvalue weighted by Gasteiger charge is 2.12. The molecule has 0 aliphatic carbocycles. The van der Waals surface area contributed by atoms with Gasteiger partial charge in [-0.15, -0.1) is 23.5 Å². The van der Waals surface area contributed by atoms with E-state index in [9.17, 15) is 0 Å². The van der Waals surface area contributed by atoms with E-state index in [1.165, 1.54) is 10.5 Å². The molecule has 0 unspecified atom stereocenters. The fourth-order valence-corrected chi connectivity index (χ4v) is 2.75. The third-order valence-corrected chi connectivity index (χ3v) is 3.51. The van der Waals surface area contributed by atoms with Gasteiger partial charge in [-0.1, -0.05) is 20.8 Å². The maximum absolute atomic E-state index is 4.42. The molecular formula is C11H17NS2. The first-order chi connectivity index (χ1) is 6.42. The Morgan fingerprint density at radius 1 is 1.29 bits per heavy atom. The summed E-state index contributed by atoms with van der Waals surface area (Å²) in [5.41, 5.74) is 1.27. The number of hydrogen-bond donors (Lipinski definition) is 0. The van der Waals surface area contributed by atoms with Gasteiger partial charge in [-0.05, 0) is 24.8 Å². The second kappa shape index (κ2) is 4.58. The molecule has 0 aliphatic heterocycles. The SMILES string of the molecule is CSc1ncc(SC(C)(C)C)cc1C. The van der Waals surface area contributed by atoms with Crippen molar-refractivity contribution in [1.82, 2.24) is 4.98 Å². The summed E-state index contributed by atoms with van der Waals surface area (Å²) in [4.78, 5) is 5.68. The zero-order valence-electron chi connectivity index (χ0n) is 9.42. The lowest BCUT2D eigenvalue weighted by Gasteiger charge is -2.17. The predicted octanol–water partition coefficient (Wildman–Crippen LogP) is 4.00. The van der Waals surface area contributed by atoms with Crippen LogP contribution in [0.1, 0.15) is 26.3 Å². The lowest BCUT2D eigenvalue weighted by Crippen LogP contribution is -2.06. The Hall–Kier alpha value is -0.150. The number of hydrogen-bond acceptors (Lipinski definition) is 3. The Morgan fingerprint density at radius 2 is 1.93 bits per heavy atom. The Kier molecular flexibility index (Phi) is 3.90. The fraction of sp³-hybridized carbons (Fsp3) is 0.545. The molecule has 0 aromatic carbocycles. The van der Waals surface area contributed by atoms with Crippen molar-refractivity contribution in [2.24, 2.45) is 0 Å². The molecule has 0 atom stereocenters. The molecule has 1 nitrogen and oxygen atoms in total. The molecule has 0 N–H and O–H groups in total. The lowest BCUT2D eigenvalue weighted by molar-refractivity contribution is 0.801. The topological polar surface area (TPSA) is 12.9 Å². The molecule has 78 valence electrons. The maximum atomic E-state index is 4.42. The van der Waals surface area contributed by atoms with Gasteiger partial charge in [0.1, 0.15) is 0 Å². The maximum Gasteiger partial charge on any atom is 0.0987 e. The van der Waals surface area contributed by atoms with Crippen LogP contribution in [0.15, 0.2) is 22.2 Å². The van der Waals surface area contributed by atoms with Crippen LogP contribution in [0.3, 0.4) is 0 Å². The molecule has 1 heterocycles. The van der Waals surface area contributed by atoms with E-state index in [0.29, 0.717) is 0 Å². The van der Waals surface area contributed by atoms with Gasteiger partial charge in [0.05, 0.1) is 5.03 Å². The zero-order chi connectivity index (χ0) is 10.8. The van der Waals surface area contributed by atoms with Crippen molar-refractivity contribution in [2.75, 3.05) is 6.26 Å². The normalized spacial score (nSPS) is 11.8. The van der Waals surface area contributed by atoms with Crippen molar-refractivity contribution in [3.8, 4) is 0 Å². The van der Waals surface area contributed by atoms with Crippen LogP contribution >= 0.6 is 23.5 Å². The first-order valence-electron chi connectivity index (χ1n) is 4.62. The number of rotatable bonds is 2. The standard InChI is InChI=1S/C11H17NS2/c1-8-6-9(14-11(2,3)4)7-12-10(8)13-5/h6-7H,1-5H3. The van der Waals surface area contributed by atoms with E-state index < -0.39 is 0 Å². The molecule has 0 radical (unpaired) electrons. The quantitative estimate of drug-likeness (QED) is 0.709. The van der Waals surface area contributed by atoms with Crippen LogP contribution in [0.25, 0.3) is 0 Å². The fourth-order valence-electron chi connectivity index (χ4n) is 1.16. The molecule has 0 amide bonds. The molecule has 1 aromatic heterocycles. The van der Waals surface area contributed by atoms with Gasteiger partial charge < -0.3 is 0 Å². The Labute approximate surface area is 95.1 Å². The van der Waals surface area contributed by atoms with Crippen LogP contribution in [-0.4, -0.2) is 16.0 Å². The van der Waals surface area contributed by atoms with E-state index in [4.69, 9.17) is 0 Å². The molecule has 0 bridgehead atoms. The Balaban J connectivity index is 2.87. The predicted molar refractivity (Wildman–Crippen MR) is 66.4 cm³/mol. The van der Waals surface area contributed by atoms with Crippen molar-refractivity contribution in [2.45, 2.75) is 42.4 Å². The van der Waals surface area contributed by atoms with Gasteiger partial charge in [0.15, 0.2) is 0 Å². The summed E-state index contributed by atoms with van der Waals surface area (Å²) in [6.45, 7) is 8.77. The van der Waals surface area contributed by atoms with E-state index in [-0.39, 0.29) is 4.75 Å². The van der Waals surface area contributed by atoms with Gasteiger partial charge in [-0.3, -0.25) is 0 Å². The average Bonchev–Trinajstić information content (AvgIpc) is 2.01. The summed E-state index contributed by atoms with van der Waals surface area (Å²) in [5.74, 6) is 0. The van der Waals surface area contributed by atoms with Crippen LogP contribution in [-0.2, 0) is 0 Å². The van der Waals surface area contributed by atoms with Gasteiger partial charge >= 0.3 is 0 Å². The lowest BCUT2D eigenvalue weighted by atomic mass is 10.3. The van der Waals surface area contributed by atoms with E-state index >= 15 is 0 Å². The zero-order valence-corrected chi connectivity index (χ0v) is 11.1. The third kappa shape index (κ3) is 3.54. The first kappa shape index (κ1) is 11.9. The van der Waals surface area contributed by atoms with Gasteiger partial charge in [-0.2, -0.15) is 0 Å². The van der Waals surface area contributed by atoms with Crippen LogP contribution in [0, 0.1) is 6.92 Å². The summed E-state index contributed by atoms with van der Waals surface area (Å²) in [7, 11) is 0. The van der Waals surface area contributed by atoms with Crippen molar-refractivity contribution >= 4 is 23.5 Å². The van der Waals surface area contributed by atoms with Crippen LogP contribution in [0.4, 0.5) is 0 Å². The summed E-state index contributed by atoms with van der Waals surface area (Å²) in [5, 5.41) is 1.13. The van der Waals surface area contributed by atoms with Gasteiger partial charge in [0.2, 0.25) is 0 Å². The van der Waals surface area contributed by atoms with Crippen LogP contribution < -0.4 is 0 Å². The number of pyridine rings is 1. The molecule has 0 saturated heterocycles. The highest BCUT2D eigenvalue weighted by molar-refractivity contribution is 8.00. The summed E-state index contributed by atoms with van der Waals surface area (Å²) < 4.78 is 0.259. The molecule has 0 fully saturated rings. The number of aromatic nitrogens is 1. The minimum atomic E-state index is 0.259. The van der Waals surface area contributed by atoms with Crippen LogP contribution in [0.2, 0.25) is 0 Å². The molecular weight excluding hydrogens is 210 g/mol. The van der Waals surface area contributed by atoms with E-state index in [1.807, 2.05) is 18.0 Å². The summed E-state index contributed by atoms with van der Waals surface area (Å²) in [6, 6.07) is 2.22. The first-order valence-corrected chi connectivity index (χ1v) is 6.66. The molecule has 1 aromatic rings. The largest absolute Gasteiger partial charge is 0.249 e. The number of nitrogens with zero attached hydrogens (tertiary/aromatic N) is 1. The Bertz CT molecular complexity index is 316. The molecule has 0 aliphatic rings. The highest BCUT2D eigenvalue weighted by atomic mass is 32.2. The van der Waals surface area contributed by atoms with E-state index in [2.05, 4.69) is 45.0 Å². The van der Waals surface area contributed by atoms with Gasteiger partial charge in [0.25, 0.3) is 0 Å². The van der Waals surface area contributed by atoms with E-state index in [0.717, 1.165) is 5.03 Å². The minimum absolute atomic E-state index is 0.259. The molecule has 0 saturated carbocycles. The molecule has 0 spiro atoms.